The van der Waals surface area contributed by atoms with Crippen LogP contribution >= 0.6 is 0 Å². The number of nitrogens with one attached hydrogen (secondary N) is 1. The average molecular weight is 280 g/mol. The Labute approximate surface area is 120 Å². The Balaban J connectivity index is 1.81. The second kappa shape index (κ2) is 8.01. The van der Waals surface area contributed by atoms with Crippen molar-refractivity contribution in [3.8, 4) is 0 Å². The van der Waals surface area contributed by atoms with Gasteiger partial charge in [0.2, 0.25) is 5.91 Å². The minimum absolute atomic E-state index is 0.185. The molecule has 1 unspecified atom stereocenters. The molecule has 1 aliphatic rings. The molecule has 1 aromatic heterocycles. The van der Waals surface area contributed by atoms with E-state index in [0.717, 1.165) is 19.5 Å². The first-order chi connectivity index (χ1) is 9.79. The van der Waals surface area contributed by atoms with Crippen LogP contribution in [0, 0.1) is 0 Å². The monoisotopic (exact) mass is 280 g/mol. The minimum atomic E-state index is 0.185. The highest BCUT2D eigenvalue weighted by atomic mass is 16.5. The largest absolute Gasteiger partial charge is 0.383 e. The first-order valence-corrected chi connectivity index (χ1v) is 7.25. The van der Waals surface area contributed by atoms with E-state index in [1.54, 1.807) is 19.6 Å². The van der Waals surface area contributed by atoms with Crippen molar-refractivity contribution >= 4 is 5.91 Å². The van der Waals surface area contributed by atoms with Gasteiger partial charge in [0, 0.05) is 51.6 Å². The maximum absolute atomic E-state index is 12.3. The summed E-state index contributed by atoms with van der Waals surface area (Å²) < 4.78 is 7.04. The Kier molecular flexibility index (Phi) is 6.01. The quantitative estimate of drug-likeness (QED) is 0.753. The van der Waals surface area contributed by atoms with Crippen molar-refractivity contribution in [1.82, 2.24) is 19.8 Å². The summed E-state index contributed by atoms with van der Waals surface area (Å²) in [6, 6.07) is 0.434. The molecule has 1 aliphatic heterocycles. The summed E-state index contributed by atoms with van der Waals surface area (Å²) in [5.74, 6) is 0.185. The molecule has 1 fully saturated rings. The predicted molar refractivity (Wildman–Crippen MR) is 76.3 cm³/mol. The number of nitrogens with zero attached hydrogens (tertiary/aromatic N) is 3. The summed E-state index contributed by atoms with van der Waals surface area (Å²) in [5.41, 5.74) is 0. The van der Waals surface area contributed by atoms with Crippen LogP contribution in [0.2, 0.25) is 0 Å². The third-order valence-electron chi connectivity index (χ3n) is 3.66. The molecule has 112 valence electrons. The molecule has 0 bridgehead atoms. The first-order valence-electron chi connectivity index (χ1n) is 7.25. The van der Waals surface area contributed by atoms with Crippen molar-refractivity contribution in [2.24, 2.45) is 0 Å². The number of amides is 1. The number of methoxy groups -OCH3 is 1. The van der Waals surface area contributed by atoms with Crippen LogP contribution in [0.5, 0.6) is 0 Å². The number of aryl methyl sites for hydroxylation is 1. The van der Waals surface area contributed by atoms with Crippen LogP contribution in [-0.4, -0.2) is 59.8 Å². The standard InChI is InChI=1S/C14H24N4O2/c1-20-10-9-18(11-13-3-2-5-16-13)14(19)4-7-17-8-6-15-12-17/h6,8,12-13,16H,2-5,7,9-11H2,1H3. The zero-order chi connectivity index (χ0) is 14.2. The topological polar surface area (TPSA) is 59.4 Å². The molecule has 1 amide bonds. The number of rotatable bonds is 8. The molecule has 2 heterocycles. The summed E-state index contributed by atoms with van der Waals surface area (Å²) in [6.45, 7) is 3.78. The molecule has 1 aromatic rings. The fraction of sp³-hybridized carbons (Fsp3) is 0.714. The van der Waals surface area contributed by atoms with Gasteiger partial charge in [-0.1, -0.05) is 0 Å². The molecular weight excluding hydrogens is 256 g/mol. The molecule has 20 heavy (non-hydrogen) atoms. The zero-order valence-electron chi connectivity index (χ0n) is 12.1. The van der Waals surface area contributed by atoms with Gasteiger partial charge in [-0.3, -0.25) is 4.79 Å². The molecule has 1 atom stereocenters. The normalized spacial score (nSPS) is 18.4. The molecule has 6 heteroatoms. The Hall–Kier alpha value is -1.40. The highest BCUT2D eigenvalue weighted by Crippen LogP contribution is 2.08. The minimum Gasteiger partial charge on any atom is -0.383 e. The van der Waals surface area contributed by atoms with E-state index in [2.05, 4.69) is 10.3 Å². The fourth-order valence-corrected chi connectivity index (χ4v) is 2.50. The lowest BCUT2D eigenvalue weighted by Crippen LogP contribution is -2.42. The van der Waals surface area contributed by atoms with E-state index in [0.29, 0.717) is 32.2 Å². The molecule has 1 N–H and O–H groups in total. The van der Waals surface area contributed by atoms with Crippen LogP contribution < -0.4 is 5.32 Å². The summed E-state index contributed by atoms with van der Waals surface area (Å²) in [7, 11) is 1.67. The molecule has 2 rings (SSSR count). The number of hydrogen-bond donors (Lipinski definition) is 1. The summed E-state index contributed by atoms with van der Waals surface area (Å²) >= 11 is 0. The van der Waals surface area contributed by atoms with Gasteiger partial charge < -0.3 is 19.5 Å². The number of aromatic nitrogens is 2. The van der Waals surface area contributed by atoms with Crippen molar-refractivity contribution in [3.63, 3.8) is 0 Å². The van der Waals surface area contributed by atoms with Gasteiger partial charge in [-0.2, -0.15) is 0 Å². The maximum Gasteiger partial charge on any atom is 0.224 e. The smallest absolute Gasteiger partial charge is 0.224 e. The van der Waals surface area contributed by atoms with Crippen LogP contribution in [0.4, 0.5) is 0 Å². The SMILES string of the molecule is COCCN(CC1CCCN1)C(=O)CCn1ccnc1. The van der Waals surface area contributed by atoms with Gasteiger partial charge in [-0.25, -0.2) is 4.98 Å². The van der Waals surface area contributed by atoms with E-state index in [1.807, 2.05) is 15.7 Å². The number of ether oxygens (including phenoxy) is 1. The second-order valence-corrected chi connectivity index (χ2v) is 5.18. The van der Waals surface area contributed by atoms with E-state index >= 15 is 0 Å². The summed E-state index contributed by atoms with van der Waals surface area (Å²) in [5, 5.41) is 3.44. The Morgan fingerprint density at radius 2 is 2.50 bits per heavy atom. The van der Waals surface area contributed by atoms with Gasteiger partial charge in [0.1, 0.15) is 0 Å². The van der Waals surface area contributed by atoms with E-state index in [1.165, 1.54) is 6.42 Å². The van der Waals surface area contributed by atoms with Gasteiger partial charge in [0.15, 0.2) is 0 Å². The lowest BCUT2D eigenvalue weighted by molar-refractivity contribution is -0.132. The third kappa shape index (κ3) is 4.61. The Bertz CT molecular complexity index is 388. The van der Waals surface area contributed by atoms with E-state index in [9.17, 15) is 4.79 Å². The fourth-order valence-electron chi connectivity index (χ4n) is 2.50. The van der Waals surface area contributed by atoms with Crippen LogP contribution in [0.25, 0.3) is 0 Å². The number of hydrogen-bond acceptors (Lipinski definition) is 4. The molecule has 6 nitrogen and oxygen atoms in total. The van der Waals surface area contributed by atoms with Crippen LogP contribution in [0.15, 0.2) is 18.7 Å². The number of imidazole rings is 1. The van der Waals surface area contributed by atoms with Gasteiger partial charge in [0.05, 0.1) is 12.9 Å². The first kappa shape index (κ1) is 15.0. The summed E-state index contributed by atoms with van der Waals surface area (Å²) in [4.78, 5) is 18.2. The van der Waals surface area contributed by atoms with Crippen LogP contribution in [0.3, 0.4) is 0 Å². The van der Waals surface area contributed by atoms with Crippen LogP contribution in [0.1, 0.15) is 19.3 Å². The predicted octanol–water partition coefficient (Wildman–Crippen LogP) is 0.500. The highest BCUT2D eigenvalue weighted by Gasteiger charge is 2.21. The molecule has 0 aromatic carbocycles. The van der Waals surface area contributed by atoms with E-state index in [-0.39, 0.29) is 5.91 Å². The van der Waals surface area contributed by atoms with Crippen molar-refractivity contribution in [3.05, 3.63) is 18.7 Å². The van der Waals surface area contributed by atoms with E-state index in [4.69, 9.17) is 4.74 Å². The molecular formula is C14H24N4O2. The van der Waals surface area contributed by atoms with Gasteiger partial charge in [0.25, 0.3) is 0 Å². The van der Waals surface area contributed by atoms with Crippen molar-refractivity contribution in [1.29, 1.82) is 0 Å². The van der Waals surface area contributed by atoms with Gasteiger partial charge >= 0.3 is 0 Å². The maximum atomic E-state index is 12.3. The zero-order valence-corrected chi connectivity index (χ0v) is 12.1. The van der Waals surface area contributed by atoms with Crippen molar-refractivity contribution in [2.75, 3.05) is 33.4 Å². The average Bonchev–Trinajstić information content (AvgIpc) is 3.13. The van der Waals surface area contributed by atoms with E-state index < -0.39 is 0 Å². The second-order valence-electron chi connectivity index (χ2n) is 5.18. The molecule has 0 aliphatic carbocycles. The number of carbonyl (C=O) groups is 1. The highest BCUT2D eigenvalue weighted by molar-refractivity contribution is 5.76. The van der Waals surface area contributed by atoms with Gasteiger partial charge in [-0.15, -0.1) is 0 Å². The Morgan fingerprint density at radius 1 is 1.60 bits per heavy atom. The molecule has 0 spiro atoms. The molecule has 1 saturated heterocycles. The lowest BCUT2D eigenvalue weighted by Gasteiger charge is -2.25. The lowest BCUT2D eigenvalue weighted by atomic mass is 10.2. The third-order valence-corrected chi connectivity index (χ3v) is 3.66. The molecule has 0 radical (unpaired) electrons. The van der Waals surface area contributed by atoms with Gasteiger partial charge in [-0.05, 0) is 19.4 Å². The van der Waals surface area contributed by atoms with Crippen molar-refractivity contribution < 1.29 is 9.53 Å². The summed E-state index contributed by atoms with van der Waals surface area (Å²) in [6.07, 6.45) is 8.21. The number of carbonyl (C=O) groups excluding carboxylic acids is 1. The van der Waals surface area contributed by atoms with Crippen LogP contribution in [-0.2, 0) is 16.1 Å². The Morgan fingerprint density at radius 3 is 3.15 bits per heavy atom. The molecule has 0 saturated carbocycles. The van der Waals surface area contributed by atoms with Crippen molar-refractivity contribution in [2.45, 2.75) is 31.8 Å².